The zero-order chi connectivity index (χ0) is 13.8. The summed E-state index contributed by atoms with van der Waals surface area (Å²) in [6, 6.07) is 10.3. The van der Waals surface area contributed by atoms with Gasteiger partial charge in [0, 0.05) is 12.5 Å². The quantitative estimate of drug-likeness (QED) is 0.897. The van der Waals surface area contributed by atoms with Gasteiger partial charge in [-0.3, -0.25) is 4.90 Å². The summed E-state index contributed by atoms with van der Waals surface area (Å²) in [5, 5.41) is 13.3. The predicted octanol–water partition coefficient (Wildman–Crippen LogP) is 1.62. The van der Waals surface area contributed by atoms with Gasteiger partial charge in [0.2, 0.25) is 5.89 Å². The Morgan fingerprint density at radius 2 is 2.15 bits per heavy atom. The Morgan fingerprint density at radius 3 is 2.95 bits per heavy atom. The number of benzene rings is 1. The van der Waals surface area contributed by atoms with Crippen LogP contribution in [0.15, 0.2) is 34.9 Å². The first-order valence-corrected chi connectivity index (χ1v) is 7.05. The van der Waals surface area contributed by atoms with Crippen molar-refractivity contribution < 1.29 is 9.63 Å². The number of rotatable bonds is 5. The molecule has 0 saturated carbocycles. The first-order chi connectivity index (χ1) is 9.85. The third-order valence-electron chi connectivity index (χ3n) is 3.76. The van der Waals surface area contributed by atoms with Crippen molar-refractivity contribution >= 4 is 0 Å². The molecule has 3 rings (SSSR count). The zero-order valence-corrected chi connectivity index (χ0v) is 11.4. The molecule has 0 spiro atoms. The lowest BCUT2D eigenvalue weighted by atomic mass is 10.1. The van der Waals surface area contributed by atoms with Crippen molar-refractivity contribution in [3.8, 4) is 0 Å². The largest absolute Gasteiger partial charge is 0.395 e. The van der Waals surface area contributed by atoms with Gasteiger partial charge < -0.3 is 9.63 Å². The summed E-state index contributed by atoms with van der Waals surface area (Å²) in [6.45, 7) is 1.82. The van der Waals surface area contributed by atoms with E-state index >= 15 is 0 Å². The van der Waals surface area contributed by atoms with Crippen LogP contribution in [0.25, 0.3) is 0 Å². The van der Waals surface area contributed by atoms with E-state index in [1.807, 2.05) is 18.2 Å². The Kier molecular flexibility index (Phi) is 4.08. The Bertz CT molecular complexity index is 541. The average Bonchev–Trinajstić information content (AvgIpc) is 3.10. The van der Waals surface area contributed by atoms with Crippen LogP contribution in [0.2, 0.25) is 0 Å². The molecule has 0 amide bonds. The zero-order valence-electron chi connectivity index (χ0n) is 11.4. The van der Waals surface area contributed by atoms with E-state index in [9.17, 15) is 5.11 Å². The molecule has 0 aliphatic carbocycles. The Hall–Kier alpha value is -1.72. The maximum atomic E-state index is 9.31. The van der Waals surface area contributed by atoms with Crippen molar-refractivity contribution in [2.24, 2.45) is 0 Å². The molecule has 1 aliphatic heterocycles. The molecule has 5 nitrogen and oxygen atoms in total. The molecule has 0 unspecified atom stereocenters. The number of hydrogen-bond acceptors (Lipinski definition) is 5. The minimum absolute atomic E-state index is 0.199. The second kappa shape index (κ2) is 6.15. The molecule has 1 aliphatic rings. The van der Waals surface area contributed by atoms with Crippen molar-refractivity contribution in [3.63, 3.8) is 0 Å². The van der Waals surface area contributed by atoms with Gasteiger partial charge in [-0.2, -0.15) is 4.98 Å². The summed E-state index contributed by atoms with van der Waals surface area (Å²) >= 11 is 0. The number of nitrogens with zero attached hydrogens (tertiary/aromatic N) is 3. The fraction of sp³-hybridized carbons (Fsp3) is 0.467. The minimum Gasteiger partial charge on any atom is -0.395 e. The van der Waals surface area contributed by atoms with Crippen LogP contribution in [0.4, 0.5) is 0 Å². The van der Waals surface area contributed by atoms with Gasteiger partial charge in [0.1, 0.15) is 0 Å². The molecule has 1 aromatic heterocycles. The van der Waals surface area contributed by atoms with E-state index in [1.54, 1.807) is 0 Å². The fourth-order valence-electron chi connectivity index (χ4n) is 2.69. The normalized spacial score (nSPS) is 19.6. The van der Waals surface area contributed by atoms with Crippen molar-refractivity contribution in [3.05, 3.63) is 47.6 Å². The topological polar surface area (TPSA) is 62.4 Å². The third-order valence-corrected chi connectivity index (χ3v) is 3.76. The van der Waals surface area contributed by atoms with E-state index in [0.717, 1.165) is 19.4 Å². The van der Waals surface area contributed by atoms with Crippen LogP contribution in [0.5, 0.6) is 0 Å². The highest BCUT2D eigenvalue weighted by Gasteiger charge is 2.25. The number of aliphatic hydroxyl groups excluding tert-OH is 1. The van der Waals surface area contributed by atoms with Gasteiger partial charge in [0.25, 0.3) is 0 Å². The van der Waals surface area contributed by atoms with E-state index in [4.69, 9.17) is 4.52 Å². The van der Waals surface area contributed by atoms with E-state index in [0.29, 0.717) is 24.7 Å². The summed E-state index contributed by atoms with van der Waals surface area (Å²) in [4.78, 5) is 6.64. The maximum Gasteiger partial charge on any atom is 0.240 e. The molecule has 2 heterocycles. The smallest absolute Gasteiger partial charge is 0.240 e. The van der Waals surface area contributed by atoms with Gasteiger partial charge >= 0.3 is 0 Å². The van der Waals surface area contributed by atoms with Crippen LogP contribution >= 0.6 is 0 Å². The van der Waals surface area contributed by atoms with Gasteiger partial charge in [-0.25, -0.2) is 0 Å². The first-order valence-electron chi connectivity index (χ1n) is 7.05. The standard InChI is InChI=1S/C15H19N3O2/c19-11-13-7-4-8-18(13)10-15-16-14(17-20-15)9-12-5-2-1-3-6-12/h1-3,5-6,13,19H,4,7-11H2/t13-/m0/s1. The molecule has 1 saturated heterocycles. The Labute approximate surface area is 118 Å². The molecule has 5 heteroatoms. The fourth-order valence-corrected chi connectivity index (χ4v) is 2.69. The first kappa shape index (κ1) is 13.3. The van der Waals surface area contributed by atoms with E-state index in [1.165, 1.54) is 5.56 Å². The molecule has 106 valence electrons. The lowest BCUT2D eigenvalue weighted by Crippen LogP contribution is -2.31. The molecule has 1 N–H and O–H groups in total. The maximum absolute atomic E-state index is 9.31. The summed E-state index contributed by atoms with van der Waals surface area (Å²) < 4.78 is 5.31. The molecule has 20 heavy (non-hydrogen) atoms. The predicted molar refractivity (Wildman–Crippen MR) is 74.1 cm³/mol. The van der Waals surface area contributed by atoms with Crippen LogP contribution in [0.1, 0.15) is 30.1 Å². The third kappa shape index (κ3) is 3.05. The second-order valence-corrected chi connectivity index (χ2v) is 5.22. The molecule has 1 atom stereocenters. The molecule has 1 fully saturated rings. The van der Waals surface area contributed by atoms with Crippen LogP contribution in [0, 0.1) is 0 Å². The van der Waals surface area contributed by atoms with Gasteiger partial charge in [0.15, 0.2) is 5.82 Å². The van der Waals surface area contributed by atoms with Gasteiger partial charge in [0.05, 0.1) is 13.2 Å². The van der Waals surface area contributed by atoms with E-state index < -0.39 is 0 Å². The molecular formula is C15H19N3O2. The summed E-state index contributed by atoms with van der Waals surface area (Å²) in [5.41, 5.74) is 1.18. The summed E-state index contributed by atoms with van der Waals surface area (Å²) in [5.74, 6) is 1.35. The highest BCUT2D eigenvalue weighted by molar-refractivity contribution is 5.18. The van der Waals surface area contributed by atoms with Crippen molar-refractivity contribution in [2.75, 3.05) is 13.2 Å². The summed E-state index contributed by atoms with van der Waals surface area (Å²) in [6.07, 6.45) is 2.85. The highest BCUT2D eigenvalue weighted by atomic mass is 16.5. The molecule has 0 radical (unpaired) electrons. The molecular weight excluding hydrogens is 254 g/mol. The van der Waals surface area contributed by atoms with Gasteiger partial charge in [-0.05, 0) is 24.9 Å². The van der Waals surface area contributed by atoms with Gasteiger partial charge in [-0.1, -0.05) is 35.5 Å². The van der Waals surface area contributed by atoms with E-state index in [-0.39, 0.29) is 12.6 Å². The van der Waals surface area contributed by atoms with Crippen molar-refractivity contribution in [2.45, 2.75) is 31.8 Å². The van der Waals surface area contributed by atoms with Gasteiger partial charge in [-0.15, -0.1) is 0 Å². The Morgan fingerprint density at radius 1 is 1.30 bits per heavy atom. The van der Waals surface area contributed by atoms with E-state index in [2.05, 4.69) is 27.2 Å². The second-order valence-electron chi connectivity index (χ2n) is 5.22. The Balaban J connectivity index is 1.62. The average molecular weight is 273 g/mol. The lowest BCUT2D eigenvalue weighted by Gasteiger charge is -2.20. The number of aliphatic hydroxyl groups is 1. The minimum atomic E-state index is 0.199. The molecule has 2 aromatic rings. The highest BCUT2D eigenvalue weighted by Crippen LogP contribution is 2.19. The van der Waals surface area contributed by atoms with Crippen molar-refractivity contribution in [1.29, 1.82) is 0 Å². The summed E-state index contributed by atoms with van der Waals surface area (Å²) in [7, 11) is 0. The number of likely N-dealkylation sites (tertiary alicyclic amines) is 1. The van der Waals surface area contributed by atoms with Crippen LogP contribution in [-0.4, -0.2) is 39.3 Å². The lowest BCUT2D eigenvalue weighted by molar-refractivity contribution is 0.141. The molecule has 0 bridgehead atoms. The van der Waals surface area contributed by atoms with Crippen molar-refractivity contribution in [1.82, 2.24) is 15.0 Å². The number of hydrogen-bond donors (Lipinski definition) is 1. The molecule has 1 aromatic carbocycles. The monoisotopic (exact) mass is 273 g/mol. The van der Waals surface area contributed by atoms with Crippen LogP contribution in [0.3, 0.4) is 0 Å². The SMILES string of the molecule is OC[C@@H]1CCCN1Cc1nc(Cc2ccccc2)no1. The number of aromatic nitrogens is 2. The van der Waals surface area contributed by atoms with Crippen LogP contribution in [-0.2, 0) is 13.0 Å². The van der Waals surface area contributed by atoms with Crippen LogP contribution < -0.4 is 0 Å².